The van der Waals surface area contributed by atoms with Gasteiger partial charge in [0.15, 0.2) is 0 Å². The van der Waals surface area contributed by atoms with Crippen molar-refractivity contribution < 1.29 is 18.7 Å². The third kappa shape index (κ3) is 6.66. The Balaban J connectivity index is 2.71. The summed E-state index contributed by atoms with van der Waals surface area (Å²) in [7, 11) is -3.29. The molecule has 1 rings (SSSR count). The third-order valence-electron chi connectivity index (χ3n) is 3.03. The first-order valence-electron chi connectivity index (χ1n) is 7.46. The molecule has 0 radical (unpaired) electrons. The SMILES string of the molecule is CCOP(=O)(C=CC(CO)CCn1ccc(N)nc1=O)OCC. The van der Waals surface area contributed by atoms with E-state index in [-0.39, 0.29) is 31.6 Å². The monoisotopic (exact) mass is 345 g/mol. The molecule has 1 unspecified atom stereocenters. The minimum Gasteiger partial charge on any atom is -0.396 e. The van der Waals surface area contributed by atoms with E-state index in [4.69, 9.17) is 14.8 Å². The Kier molecular flexibility index (Phi) is 8.19. The third-order valence-corrected chi connectivity index (χ3v) is 4.80. The average Bonchev–Trinajstić information content (AvgIpc) is 2.49. The second-order valence-corrected chi connectivity index (χ2v) is 6.67. The van der Waals surface area contributed by atoms with Gasteiger partial charge in [0.2, 0.25) is 0 Å². The Labute approximate surface area is 135 Å². The molecule has 0 aliphatic heterocycles. The van der Waals surface area contributed by atoms with Crippen LogP contribution in [-0.4, -0.2) is 34.5 Å². The summed E-state index contributed by atoms with van der Waals surface area (Å²) in [4.78, 5) is 15.3. The van der Waals surface area contributed by atoms with Gasteiger partial charge in [-0.1, -0.05) is 6.08 Å². The number of aryl methyl sites for hydroxylation is 1. The summed E-state index contributed by atoms with van der Waals surface area (Å²) < 4.78 is 24.0. The molecule has 1 heterocycles. The van der Waals surface area contributed by atoms with Crippen LogP contribution in [0.4, 0.5) is 5.82 Å². The summed E-state index contributed by atoms with van der Waals surface area (Å²) in [5.74, 6) is 1.25. The number of nitrogens with two attached hydrogens (primary N) is 1. The topological polar surface area (TPSA) is 117 Å². The summed E-state index contributed by atoms with van der Waals surface area (Å²) >= 11 is 0. The molecule has 0 saturated carbocycles. The van der Waals surface area contributed by atoms with Crippen molar-refractivity contribution in [1.29, 1.82) is 0 Å². The average molecular weight is 345 g/mol. The molecule has 0 spiro atoms. The zero-order valence-electron chi connectivity index (χ0n) is 13.4. The minimum absolute atomic E-state index is 0.147. The first-order valence-corrected chi connectivity index (χ1v) is 9.07. The molecule has 23 heavy (non-hydrogen) atoms. The molecule has 3 N–H and O–H groups in total. The Morgan fingerprint density at radius 1 is 1.43 bits per heavy atom. The zero-order chi connectivity index (χ0) is 17.3. The van der Waals surface area contributed by atoms with Gasteiger partial charge in [-0.05, 0) is 26.3 Å². The molecule has 0 bridgehead atoms. The summed E-state index contributed by atoms with van der Waals surface area (Å²) in [6.07, 6.45) is 3.62. The van der Waals surface area contributed by atoms with Crippen LogP contribution in [0.15, 0.2) is 29.0 Å². The molecule has 0 aliphatic rings. The number of anilines is 1. The molecule has 0 amide bonds. The molecule has 1 atom stereocenters. The highest BCUT2D eigenvalue weighted by Crippen LogP contribution is 2.49. The van der Waals surface area contributed by atoms with Gasteiger partial charge in [-0.15, -0.1) is 0 Å². The fourth-order valence-corrected chi connectivity index (χ4v) is 3.30. The van der Waals surface area contributed by atoms with Crippen molar-refractivity contribution in [2.24, 2.45) is 5.92 Å². The van der Waals surface area contributed by atoms with Crippen LogP contribution >= 0.6 is 7.60 Å². The second kappa shape index (κ2) is 9.62. The maximum absolute atomic E-state index is 12.3. The zero-order valence-corrected chi connectivity index (χ0v) is 14.3. The van der Waals surface area contributed by atoms with Crippen LogP contribution in [0.3, 0.4) is 0 Å². The van der Waals surface area contributed by atoms with E-state index in [1.807, 2.05) is 0 Å². The van der Waals surface area contributed by atoms with E-state index < -0.39 is 13.3 Å². The van der Waals surface area contributed by atoms with Crippen molar-refractivity contribution in [2.45, 2.75) is 26.8 Å². The predicted octanol–water partition coefficient (Wildman–Crippen LogP) is 1.60. The van der Waals surface area contributed by atoms with Gasteiger partial charge in [-0.3, -0.25) is 9.13 Å². The molecule has 0 aromatic carbocycles. The van der Waals surface area contributed by atoms with E-state index >= 15 is 0 Å². The summed E-state index contributed by atoms with van der Waals surface area (Å²) in [5, 5.41) is 9.43. The number of hydrogen-bond donors (Lipinski definition) is 2. The number of aliphatic hydroxyl groups is 1. The van der Waals surface area contributed by atoms with Gasteiger partial charge in [-0.2, -0.15) is 4.98 Å². The fourth-order valence-electron chi connectivity index (χ4n) is 1.88. The van der Waals surface area contributed by atoms with E-state index in [1.54, 1.807) is 26.1 Å². The van der Waals surface area contributed by atoms with E-state index in [0.717, 1.165) is 0 Å². The lowest BCUT2D eigenvalue weighted by Gasteiger charge is -2.15. The molecular weight excluding hydrogens is 321 g/mol. The van der Waals surface area contributed by atoms with Crippen molar-refractivity contribution in [1.82, 2.24) is 9.55 Å². The van der Waals surface area contributed by atoms with Crippen molar-refractivity contribution in [2.75, 3.05) is 25.6 Å². The van der Waals surface area contributed by atoms with Crippen molar-refractivity contribution >= 4 is 13.4 Å². The number of nitrogens with zero attached hydrogens (tertiary/aromatic N) is 2. The maximum atomic E-state index is 12.3. The van der Waals surface area contributed by atoms with Crippen LogP contribution in [0, 0.1) is 5.92 Å². The number of aromatic nitrogens is 2. The minimum atomic E-state index is -3.29. The lowest BCUT2D eigenvalue weighted by molar-refractivity contribution is 0.227. The molecular formula is C14H24N3O5P. The number of nitrogen functional groups attached to an aromatic ring is 1. The first kappa shape index (κ1) is 19.6. The summed E-state index contributed by atoms with van der Waals surface area (Å²) in [6.45, 7) is 4.18. The number of rotatable bonds is 10. The molecule has 1 aromatic rings. The highest BCUT2D eigenvalue weighted by atomic mass is 31.2. The van der Waals surface area contributed by atoms with Crippen LogP contribution in [0.25, 0.3) is 0 Å². The van der Waals surface area contributed by atoms with Gasteiger partial charge in [0.05, 0.1) is 13.2 Å². The van der Waals surface area contributed by atoms with E-state index in [1.165, 1.54) is 16.5 Å². The van der Waals surface area contributed by atoms with Gasteiger partial charge in [0, 0.05) is 31.1 Å². The van der Waals surface area contributed by atoms with Crippen molar-refractivity contribution in [3.05, 3.63) is 34.6 Å². The molecule has 130 valence electrons. The maximum Gasteiger partial charge on any atom is 0.353 e. The number of aliphatic hydroxyl groups excluding tert-OH is 1. The Morgan fingerprint density at radius 3 is 2.61 bits per heavy atom. The first-order chi connectivity index (χ1) is 10.9. The molecule has 0 aliphatic carbocycles. The van der Waals surface area contributed by atoms with Crippen molar-refractivity contribution in [3.63, 3.8) is 0 Å². The summed E-state index contributed by atoms with van der Waals surface area (Å²) in [6, 6.07) is 1.53. The van der Waals surface area contributed by atoms with Gasteiger partial charge in [0.25, 0.3) is 0 Å². The highest BCUT2D eigenvalue weighted by molar-refractivity contribution is 7.57. The Morgan fingerprint density at radius 2 is 2.09 bits per heavy atom. The smallest absolute Gasteiger partial charge is 0.353 e. The van der Waals surface area contributed by atoms with Gasteiger partial charge in [-0.25, -0.2) is 4.79 Å². The molecule has 9 heteroatoms. The fraction of sp³-hybridized carbons (Fsp3) is 0.571. The van der Waals surface area contributed by atoms with Crippen LogP contribution in [0.2, 0.25) is 0 Å². The van der Waals surface area contributed by atoms with E-state index in [2.05, 4.69) is 4.98 Å². The largest absolute Gasteiger partial charge is 0.396 e. The molecule has 0 saturated heterocycles. The molecule has 0 fully saturated rings. The highest BCUT2D eigenvalue weighted by Gasteiger charge is 2.19. The standard InChI is InChI=1S/C14H24N3O5P/c1-3-21-23(20,22-4-2)10-7-12(11-18)5-8-17-9-6-13(15)16-14(17)19/h6-7,9-10,12,18H,3-5,8,11H2,1-2H3,(H2,15,16,19). The van der Waals surface area contributed by atoms with Crippen LogP contribution in [-0.2, 0) is 20.2 Å². The van der Waals surface area contributed by atoms with Crippen LogP contribution < -0.4 is 11.4 Å². The van der Waals surface area contributed by atoms with Crippen LogP contribution in [0.1, 0.15) is 20.3 Å². The van der Waals surface area contributed by atoms with Gasteiger partial charge < -0.3 is 19.9 Å². The number of hydrogen-bond acceptors (Lipinski definition) is 7. The Hall–Kier alpha value is -1.47. The van der Waals surface area contributed by atoms with Crippen molar-refractivity contribution in [3.8, 4) is 0 Å². The van der Waals surface area contributed by atoms with E-state index in [9.17, 15) is 14.5 Å². The molecule has 8 nitrogen and oxygen atoms in total. The normalized spacial score (nSPS) is 13.5. The Bertz CT molecular complexity index is 607. The lowest BCUT2D eigenvalue weighted by atomic mass is 10.1. The molecule has 1 aromatic heterocycles. The van der Waals surface area contributed by atoms with Gasteiger partial charge in [0.1, 0.15) is 5.82 Å². The van der Waals surface area contributed by atoms with E-state index in [0.29, 0.717) is 13.0 Å². The second-order valence-electron chi connectivity index (χ2n) is 4.78. The summed E-state index contributed by atoms with van der Waals surface area (Å²) in [5.41, 5.74) is 4.98. The quantitative estimate of drug-likeness (QED) is 0.619. The predicted molar refractivity (Wildman–Crippen MR) is 88.1 cm³/mol. The lowest BCUT2D eigenvalue weighted by Crippen LogP contribution is -2.24. The van der Waals surface area contributed by atoms with Crippen LogP contribution in [0.5, 0.6) is 0 Å². The van der Waals surface area contributed by atoms with Gasteiger partial charge >= 0.3 is 13.3 Å².